The van der Waals surface area contributed by atoms with Crippen molar-refractivity contribution in [1.82, 2.24) is 44.6 Å². The molecular formula is C48H56N12O4. The van der Waals surface area contributed by atoms with Crippen molar-refractivity contribution in [3.8, 4) is 22.6 Å². The third-order valence-corrected chi connectivity index (χ3v) is 12.9. The van der Waals surface area contributed by atoms with E-state index in [2.05, 4.69) is 65.5 Å². The fourth-order valence-electron chi connectivity index (χ4n) is 9.00. The second-order valence-electron chi connectivity index (χ2n) is 18.3. The van der Waals surface area contributed by atoms with E-state index in [-0.39, 0.29) is 29.3 Å². The molecule has 16 heteroatoms. The maximum Gasteiger partial charge on any atom is 0.330 e. The molecule has 64 heavy (non-hydrogen) atoms. The van der Waals surface area contributed by atoms with Gasteiger partial charge in [0.25, 0.3) is 0 Å². The van der Waals surface area contributed by atoms with Crippen molar-refractivity contribution in [3.63, 3.8) is 0 Å². The average molecular weight is 865 g/mol. The highest BCUT2D eigenvalue weighted by Gasteiger charge is 2.31. The lowest BCUT2D eigenvalue weighted by molar-refractivity contribution is -0.127. The van der Waals surface area contributed by atoms with E-state index in [1.807, 2.05) is 81.7 Å². The number of nitrogens with one attached hydrogen (secondary N) is 1. The first-order valence-corrected chi connectivity index (χ1v) is 22.3. The number of anilines is 3. The summed E-state index contributed by atoms with van der Waals surface area (Å²) in [6, 6.07) is 19.9. The first-order valence-electron chi connectivity index (χ1n) is 22.3. The predicted octanol–water partition coefficient (Wildman–Crippen LogP) is 6.77. The molecule has 4 aromatic heterocycles. The maximum atomic E-state index is 13.0. The van der Waals surface area contributed by atoms with E-state index in [1.165, 1.54) is 10.6 Å². The SMILES string of the molecule is Cc1cc(-c2nc(-c3ccc(N4CCN(CC5CCN(c6ccc(N7CCC(=O)N(C)C7=O)cc6)CC5)CC4)nc3)cc3nccn23)ccc1[C@@H](C)NC(=O)c1nc(C(C)(C)C)no1. The number of piperazine rings is 1. The molecule has 0 aliphatic carbocycles. The number of aryl methyl sites for hydroxylation is 1. The summed E-state index contributed by atoms with van der Waals surface area (Å²) < 4.78 is 7.25. The van der Waals surface area contributed by atoms with Gasteiger partial charge in [-0.2, -0.15) is 4.98 Å². The average Bonchev–Trinajstić information content (AvgIpc) is 4.01. The summed E-state index contributed by atoms with van der Waals surface area (Å²) in [5.74, 6) is 2.28. The highest BCUT2D eigenvalue weighted by Crippen LogP contribution is 2.31. The van der Waals surface area contributed by atoms with Crippen LogP contribution in [0.15, 0.2) is 83.8 Å². The Morgan fingerprint density at radius 3 is 2.28 bits per heavy atom. The fourth-order valence-corrected chi connectivity index (χ4v) is 9.00. The predicted molar refractivity (Wildman–Crippen MR) is 245 cm³/mol. The summed E-state index contributed by atoms with van der Waals surface area (Å²) in [7, 11) is 1.55. The van der Waals surface area contributed by atoms with Crippen LogP contribution in [0.1, 0.15) is 80.6 Å². The van der Waals surface area contributed by atoms with Crippen LogP contribution in [0.5, 0.6) is 0 Å². The number of aromatic nitrogens is 6. The summed E-state index contributed by atoms with van der Waals surface area (Å²) >= 11 is 0. The van der Waals surface area contributed by atoms with Crippen molar-refractivity contribution in [2.75, 3.05) is 74.1 Å². The number of carbonyl (C=O) groups excluding carboxylic acids is 3. The molecule has 0 bridgehead atoms. The lowest BCUT2D eigenvalue weighted by Crippen LogP contribution is -2.50. The summed E-state index contributed by atoms with van der Waals surface area (Å²) in [5, 5.41) is 6.99. The Kier molecular flexibility index (Phi) is 11.6. The standard InChI is InChI=1S/C48H56N12O4/c1-31-27-34(7-13-38(31)32(2)51-44(62)45-53-46(54-64-45)48(3,4)5)43-52-39(28-41-49-18-22-60(41)43)35-8-14-40(50-29-35)58-25-23-56(24-26-58)30-33-15-19-57(20-16-33)36-9-11-37(12-10-36)59-21-17-42(61)55(6)47(59)63/h7-14,18,22,27-29,32-33H,15-17,19-21,23-26,30H2,1-6H3,(H,51,62)/t32-/m1/s1. The number of nitrogens with zero attached hydrogens (tertiary/aromatic N) is 11. The number of pyridine rings is 1. The van der Waals surface area contributed by atoms with Crippen molar-refractivity contribution in [2.45, 2.75) is 65.3 Å². The van der Waals surface area contributed by atoms with E-state index in [0.717, 1.165) is 110 Å². The molecule has 3 fully saturated rings. The molecule has 0 unspecified atom stereocenters. The Labute approximate surface area is 373 Å². The first-order chi connectivity index (χ1) is 30.8. The fraction of sp³-hybridized carbons (Fsp3) is 0.417. The Bertz CT molecular complexity index is 2650. The molecular weight excluding hydrogens is 809 g/mol. The number of fused-ring (bicyclic) bond motifs is 1. The van der Waals surface area contributed by atoms with Gasteiger partial charge in [-0.1, -0.05) is 38.1 Å². The topological polar surface area (TPSA) is 161 Å². The maximum absolute atomic E-state index is 13.0. The molecule has 3 saturated heterocycles. The number of amides is 4. The molecule has 4 amide bonds. The van der Waals surface area contributed by atoms with Crippen molar-refractivity contribution in [2.24, 2.45) is 5.92 Å². The van der Waals surface area contributed by atoms with Gasteiger partial charge < -0.3 is 19.6 Å². The number of imide groups is 1. The molecule has 1 N–H and O–H groups in total. The number of rotatable bonds is 10. The van der Waals surface area contributed by atoms with Gasteiger partial charge in [-0.3, -0.25) is 28.7 Å². The van der Waals surface area contributed by atoms with Crippen molar-refractivity contribution < 1.29 is 18.9 Å². The molecule has 7 heterocycles. The van der Waals surface area contributed by atoms with Crippen molar-refractivity contribution in [3.05, 3.63) is 102 Å². The normalized spacial score (nSPS) is 17.4. The molecule has 3 aliphatic rings. The Hall–Kier alpha value is -6.68. The quantitative estimate of drug-likeness (QED) is 0.154. The molecule has 0 spiro atoms. The molecule has 332 valence electrons. The van der Waals surface area contributed by atoms with Gasteiger partial charge in [-0.15, -0.1) is 0 Å². The molecule has 6 aromatic rings. The minimum Gasteiger partial charge on any atom is -0.372 e. The van der Waals surface area contributed by atoms with Crippen LogP contribution in [0, 0.1) is 12.8 Å². The van der Waals surface area contributed by atoms with Crippen molar-refractivity contribution >= 4 is 40.7 Å². The monoisotopic (exact) mass is 864 g/mol. The van der Waals surface area contributed by atoms with Gasteiger partial charge in [0.2, 0.25) is 5.91 Å². The molecule has 3 aliphatic heterocycles. The van der Waals surface area contributed by atoms with E-state index >= 15 is 0 Å². The number of urea groups is 1. The molecule has 9 rings (SSSR count). The first kappa shape index (κ1) is 42.6. The smallest absolute Gasteiger partial charge is 0.330 e. The van der Waals surface area contributed by atoms with Gasteiger partial charge in [0.1, 0.15) is 17.3 Å². The number of carbonyl (C=O) groups is 3. The minimum absolute atomic E-state index is 0.0514. The number of imidazole rings is 1. The molecule has 0 radical (unpaired) electrons. The molecule has 2 aromatic carbocycles. The largest absolute Gasteiger partial charge is 0.372 e. The summed E-state index contributed by atoms with van der Waals surface area (Å²) in [6.07, 6.45) is 8.25. The second kappa shape index (κ2) is 17.5. The summed E-state index contributed by atoms with van der Waals surface area (Å²) in [5.41, 5.74) is 7.07. The third kappa shape index (κ3) is 8.78. The van der Waals surface area contributed by atoms with Crippen LogP contribution in [-0.2, 0) is 10.2 Å². The zero-order chi connectivity index (χ0) is 44.7. The molecule has 0 saturated carbocycles. The van der Waals surface area contributed by atoms with Crippen LogP contribution < -0.4 is 20.0 Å². The highest BCUT2D eigenvalue weighted by molar-refractivity contribution is 6.05. The van der Waals surface area contributed by atoms with E-state index in [0.29, 0.717) is 24.7 Å². The van der Waals surface area contributed by atoms with E-state index in [4.69, 9.17) is 14.5 Å². The second-order valence-corrected chi connectivity index (χ2v) is 18.3. The highest BCUT2D eigenvalue weighted by atomic mass is 16.5. The van der Waals surface area contributed by atoms with E-state index in [9.17, 15) is 14.4 Å². The Morgan fingerprint density at radius 1 is 0.859 bits per heavy atom. The van der Waals surface area contributed by atoms with Crippen LogP contribution in [0.4, 0.5) is 22.0 Å². The van der Waals surface area contributed by atoms with Crippen LogP contribution in [0.25, 0.3) is 28.3 Å². The number of benzene rings is 2. The lowest BCUT2D eigenvalue weighted by atomic mass is 9.95. The van der Waals surface area contributed by atoms with Crippen LogP contribution in [-0.4, -0.2) is 117 Å². The summed E-state index contributed by atoms with van der Waals surface area (Å²) in [4.78, 5) is 66.8. The van der Waals surface area contributed by atoms with Gasteiger partial charge in [-0.05, 0) is 86.2 Å². The van der Waals surface area contributed by atoms with E-state index < -0.39 is 5.91 Å². The number of hydrogen-bond donors (Lipinski definition) is 1. The van der Waals surface area contributed by atoms with E-state index in [1.54, 1.807) is 18.1 Å². The van der Waals surface area contributed by atoms with Crippen molar-refractivity contribution in [1.29, 1.82) is 0 Å². The molecule has 1 atom stereocenters. The van der Waals surface area contributed by atoms with Gasteiger partial charge in [-0.25, -0.2) is 19.7 Å². The lowest BCUT2D eigenvalue weighted by Gasteiger charge is -2.39. The van der Waals surface area contributed by atoms with Gasteiger partial charge in [0.15, 0.2) is 5.82 Å². The van der Waals surface area contributed by atoms with Crippen LogP contribution in [0.2, 0.25) is 0 Å². The van der Waals surface area contributed by atoms with Gasteiger partial charge >= 0.3 is 17.8 Å². The Balaban J connectivity index is 0.782. The summed E-state index contributed by atoms with van der Waals surface area (Å²) in [6.45, 7) is 17.3. The number of piperidine rings is 1. The molecule has 16 nitrogen and oxygen atoms in total. The van der Waals surface area contributed by atoms with Gasteiger partial charge in [0, 0.05) is 118 Å². The minimum atomic E-state index is -0.413. The van der Waals surface area contributed by atoms with Crippen LogP contribution >= 0.6 is 0 Å². The van der Waals surface area contributed by atoms with Gasteiger partial charge in [0.05, 0.1) is 11.7 Å². The zero-order valence-electron chi connectivity index (χ0n) is 37.5. The third-order valence-electron chi connectivity index (χ3n) is 12.9. The Morgan fingerprint density at radius 2 is 1.59 bits per heavy atom. The number of hydrogen-bond acceptors (Lipinski definition) is 12. The van der Waals surface area contributed by atoms with Crippen LogP contribution in [0.3, 0.4) is 0 Å². The zero-order valence-corrected chi connectivity index (χ0v) is 37.5.